The number of carbonyl (C=O) groups excluding carboxylic acids is 1. The van der Waals surface area contributed by atoms with Crippen molar-refractivity contribution in [3.05, 3.63) is 47.0 Å². The third-order valence-corrected chi connectivity index (χ3v) is 5.59. The van der Waals surface area contributed by atoms with Crippen molar-refractivity contribution in [2.24, 2.45) is 5.92 Å². The summed E-state index contributed by atoms with van der Waals surface area (Å²) in [6, 6.07) is 11.8. The lowest BCUT2D eigenvalue weighted by Crippen LogP contribution is -2.14. The molecule has 122 valence electrons. The molecular weight excluding hydrogens is 347 g/mol. The number of benzene rings is 2. The maximum atomic E-state index is 13.0. The summed E-state index contributed by atoms with van der Waals surface area (Å²) in [5.74, 6) is -0.797. The first-order chi connectivity index (χ1) is 11.5. The Morgan fingerprint density at radius 3 is 2.92 bits per heavy atom. The van der Waals surface area contributed by atoms with E-state index in [1.165, 1.54) is 11.3 Å². The molecular formula is C18H14ClFN2OS. The van der Waals surface area contributed by atoms with Gasteiger partial charge in [-0.1, -0.05) is 41.1 Å². The van der Waals surface area contributed by atoms with Crippen LogP contribution in [-0.2, 0) is 4.79 Å². The summed E-state index contributed by atoms with van der Waals surface area (Å²) in [6.07, 6.45) is -0.689. The highest BCUT2D eigenvalue weighted by molar-refractivity contribution is 7.22. The van der Waals surface area contributed by atoms with Crippen LogP contribution in [0.2, 0.25) is 5.02 Å². The van der Waals surface area contributed by atoms with Gasteiger partial charge in [0.15, 0.2) is 5.13 Å². The van der Waals surface area contributed by atoms with Gasteiger partial charge in [0, 0.05) is 5.02 Å². The number of thiazole rings is 1. The Hall–Kier alpha value is -1.98. The number of hydrogen-bond donors (Lipinski definition) is 1. The Bertz CT molecular complexity index is 955. The summed E-state index contributed by atoms with van der Waals surface area (Å²) in [4.78, 5) is 16.2. The molecule has 24 heavy (non-hydrogen) atoms. The molecule has 1 aromatic heterocycles. The quantitative estimate of drug-likeness (QED) is 0.695. The van der Waals surface area contributed by atoms with Crippen LogP contribution in [0.4, 0.5) is 9.52 Å². The molecule has 2 aromatic carbocycles. The van der Waals surface area contributed by atoms with Crippen molar-refractivity contribution >= 4 is 44.2 Å². The first-order valence-corrected chi connectivity index (χ1v) is 8.83. The summed E-state index contributed by atoms with van der Waals surface area (Å²) < 4.78 is 13.9. The van der Waals surface area contributed by atoms with Crippen molar-refractivity contribution < 1.29 is 9.18 Å². The standard InChI is InChI=1S/C18H14ClFN2OS/c1-9-11(3-2-4-13(9)19)10-5-6-15-16(7-10)24-18(21-15)22-17(23)12-8-14(12)20/h2-7,12,14H,8H2,1H3,(H,21,22,23). The van der Waals surface area contributed by atoms with Crippen molar-refractivity contribution in [2.75, 3.05) is 5.32 Å². The molecule has 3 nitrogen and oxygen atoms in total. The van der Waals surface area contributed by atoms with Crippen LogP contribution in [0, 0.1) is 12.8 Å². The van der Waals surface area contributed by atoms with Crippen LogP contribution in [0.25, 0.3) is 21.3 Å². The van der Waals surface area contributed by atoms with Gasteiger partial charge in [0.2, 0.25) is 5.91 Å². The molecule has 1 aliphatic carbocycles. The molecule has 1 fully saturated rings. The van der Waals surface area contributed by atoms with Crippen molar-refractivity contribution in [2.45, 2.75) is 19.5 Å². The number of fused-ring (bicyclic) bond motifs is 1. The minimum Gasteiger partial charge on any atom is -0.302 e. The molecule has 0 radical (unpaired) electrons. The van der Waals surface area contributed by atoms with Crippen molar-refractivity contribution in [1.82, 2.24) is 4.98 Å². The number of anilines is 1. The Labute approximate surface area is 147 Å². The predicted octanol–water partition coefficient (Wildman–Crippen LogP) is 5.22. The van der Waals surface area contributed by atoms with Crippen LogP contribution < -0.4 is 5.32 Å². The van der Waals surface area contributed by atoms with E-state index in [0.717, 1.165) is 31.9 Å². The second-order valence-corrected chi connectivity index (χ2v) is 7.40. The number of hydrogen-bond acceptors (Lipinski definition) is 3. The molecule has 0 aliphatic heterocycles. The predicted molar refractivity (Wildman–Crippen MR) is 96.4 cm³/mol. The zero-order chi connectivity index (χ0) is 16.8. The van der Waals surface area contributed by atoms with Crippen LogP contribution in [-0.4, -0.2) is 17.1 Å². The molecule has 2 unspecified atom stereocenters. The van der Waals surface area contributed by atoms with Crippen LogP contribution >= 0.6 is 22.9 Å². The molecule has 4 rings (SSSR count). The molecule has 0 bridgehead atoms. The first-order valence-electron chi connectivity index (χ1n) is 7.64. The van der Waals surface area contributed by atoms with Gasteiger partial charge in [0.25, 0.3) is 0 Å². The molecule has 1 aliphatic rings. The molecule has 1 N–H and O–H groups in total. The lowest BCUT2D eigenvalue weighted by Gasteiger charge is -2.07. The average molecular weight is 361 g/mol. The number of rotatable bonds is 3. The van der Waals surface area contributed by atoms with Gasteiger partial charge >= 0.3 is 0 Å². The van der Waals surface area contributed by atoms with Gasteiger partial charge in [-0.25, -0.2) is 9.37 Å². The number of aromatic nitrogens is 1. The number of amides is 1. The zero-order valence-corrected chi connectivity index (χ0v) is 14.4. The molecule has 0 saturated heterocycles. The van der Waals surface area contributed by atoms with Crippen LogP contribution in [0.3, 0.4) is 0 Å². The lowest BCUT2D eigenvalue weighted by molar-refractivity contribution is -0.117. The van der Waals surface area contributed by atoms with Crippen molar-refractivity contribution in [3.8, 4) is 11.1 Å². The molecule has 1 saturated carbocycles. The van der Waals surface area contributed by atoms with E-state index in [2.05, 4.69) is 10.3 Å². The molecule has 6 heteroatoms. The highest BCUT2D eigenvalue weighted by Gasteiger charge is 2.43. The third kappa shape index (κ3) is 2.78. The van der Waals surface area contributed by atoms with Gasteiger partial charge in [-0.05, 0) is 48.2 Å². The fraction of sp³-hybridized carbons (Fsp3) is 0.222. The van der Waals surface area contributed by atoms with E-state index >= 15 is 0 Å². The minimum atomic E-state index is -1.00. The SMILES string of the molecule is Cc1c(Cl)cccc1-c1ccc2nc(NC(=O)C3CC3F)sc2c1. The van der Waals surface area contributed by atoms with E-state index in [9.17, 15) is 9.18 Å². The summed E-state index contributed by atoms with van der Waals surface area (Å²) in [5, 5.41) is 3.95. The van der Waals surface area contributed by atoms with Crippen molar-refractivity contribution in [1.29, 1.82) is 0 Å². The smallest absolute Gasteiger partial charge is 0.232 e. The van der Waals surface area contributed by atoms with Gasteiger partial charge in [0.1, 0.15) is 6.17 Å². The fourth-order valence-electron chi connectivity index (χ4n) is 2.70. The molecule has 2 atom stereocenters. The van der Waals surface area contributed by atoms with E-state index in [1.54, 1.807) is 0 Å². The maximum Gasteiger partial charge on any atom is 0.232 e. The van der Waals surface area contributed by atoms with Gasteiger partial charge < -0.3 is 5.32 Å². The highest BCUT2D eigenvalue weighted by Crippen LogP contribution is 2.37. The number of carbonyl (C=O) groups is 1. The molecule has 1 heterocycles. The average Bonchev–Trinajstić information content (AvgIpc) is 3.15. The molecule has 3 aromatic rings. The van der Waals surface area contributed by atoms with Gasteiger partial charge in [-0.2, -0.15) is 0 Å². The Morgan fingerprint density at radius 1 is 1.38 bits per heavy atom. The normalized spacial score (nSPS) is 19.5. The zero-order valence-electron chi connectivity index (χ0n) is 12.8. The lowest BCUT2D eigenvalue weighted by atomic mass is 10.0. The second-order valence-electron chi connectivity index (χ2n) is 5.96. The number of halogens is 2. The highest BCUT2D eigenvalue weighted by atomic mass is 35.5. The van der Waals surface area contributed by atoms with E-state index < -0.39 is 12.1 Å². The second kappa shape index (κ2) is 5.83. The Kier molecular flexibility index (Phi) is 3.77. The Morgan fingerprint density at radius 2 is 2.17 bits per heavy atom. The summed E-state index contributed by atoms with van der Waals surface area (Å²) >= 11 is 7.60. The summed E-state index contributed by atoms with van der Waals surface area (Å²) in [7, 11) is 0. The van der Waals surface area contributed by atoms with Gasteiger partial charge in [0.05, 0.1) is 16.1 Å². The number of alkyl halides is 1. The van der Waals surface area contributed by atoms with E-state index in [4.69, 9.17) is 11.6 Å². The van der Waals surface area contributed by atoms with E-state index in [1.807, 2.05) is 43.3 Å². The monoisotopic (exact) mass is 360 g/mol. The summed E-state index contributed by atoms with van der Waals surface area (Å²) in [5.41, 5.74) is 3.96. The Balaban J connectivity index is 1.66. The topological polar surface area (TPSA) is 42.0 Å². The van der Waals surface area contributed by atoms with E-state index in [-0.39, 0.29) is 5.91 Å². The van der Waals surface area contributed by atoms with Crippen LogP contribution in [0.1, 0.15) is 12.0 Å². The summed E-state index contributed by atoms with van der Waals surface area (Å²) in [6.45, 7) is 1.99. The first kappa shape index (κ1) is 15.5. The number of nitrogens with one attached hydrogen (secondary N) is 1. The van der Waals surface area contributed by atoms with E-state index in [0.29, 0.717) is 11.6 Å². The largest absolute Gasteiger partial charge is 0.302 e. The van der Waals surface area contributed by atoms with Gasteiger partial charge in [-0.3, -0.25) is 4.79 Å². The minimum absolute atomic E-state index is 0.285. The number of nitrogens with zero attached hydrogens (tertiary/aromatic N) is 1. The fourth-order valence-corrected chi connectivity index (χ4v) is 3.78. The van der Waals surface area contributed by atoms with Crippen molar-refractivity contribution in [3.63, 3.8) is 0 Å². The third-order valence-electron chi connectivity index (χ3n) is 4.25. The molecule has 0 spiro atoms. The van der Waals surface area contributed by atoms with Crippen LogP contribution in [0.5, 0.6) is 0 Å². The molecule has 1 amide bonds. The van der Waals surface area contributed by atoms with Gasteiger partial charge in [-0.15, -0.1) is 0 Å². The van der Waals surface area contributed by atoms with Crippen LogP contribution in [0.15, 0.2) is 36.4 Å². The maximum absolute atomic E-state index is 13.0.